The van der Waals surface area contributed by atoms with Crippen LogP contribution in [0.5, 0.6) is 5.75 Å². The number of halogens is 1. The lowest BCUT2D eigenvalue weighted by Crippen LogP contribution is -2.47. The van der Waals surface area contributed by atoms with E-state index in [-0.39, 0.29) is 29.7 Å². The molecule has 0 fully saturated rings. The summed E-state index contributed by atoms with van der Waals surface area (Å²) in [5.74, 6) is -0.860. The van der Waals surface area contributed by atoms with Crippen molar-refractivity contribution >= 4 is 29.1 Å². The minimum absolute atomic E-state index is 0.0872. The Kier molecular flexibility index (Phi) is 6.42. The average Bonchev–Trinajstić information content (AvgIpc) is 2.56. The molecule has 2 amide bonds. The highest BCUT2D eigenvalue weighted by Gasteiger charge is 2.25. The van der Waals surface area contributed by atoms with E-state index in [0.717, 1.165) is 5.56 Å². The van der Waals surface area contributed by atoms with Gasteiger partial charge in [-0.05, 0) is 29.7 Å². The first kappa shape index (κ1) is 18.8. The number of rotatable bonds is 6. The summed E-state index contributed by atoms with van der Waals surface area (Å²) in [5.41, 5.74) is 1.08. The Balaban J connectivity index is 2.05. The molecule has 5 nitrogen and oxygen atoms in total. The molecule has 1 atom stereocenters. The van der Waals surface area contributed by atoms with Crippen molar-refractivity contribution in [2.45, 2.75) is 26.3 Å². The molecule has 0 saturated carbocycles. The Morgan fingerprint density at radius 1 is 1.12 bits per heavy atom. The number of phenolic OH excluding ortho intramolecular Hbond substituents is 1. The van der Waals surface area contributed by atoms with Crippen LogP contribution in [-0.2, 0) is 16.0 Å². The van der Waals surface area contributed by atoms with Crippen LogP contribution >= 0.6 is 11.6 Å². The highest BCUT2D eigenvalue weighted by atomic mass is 35.5. The summed E-state index contributed by atoms with van der Waals surface area (Å²) in [7, 11) is 0. The molecule has 0 spiro atoms. The maximum atomic E-state index is 12.5. The molecule has 0 aliphatic rings. The Labute approximate surface area is 152 Å². The molecule has 0 aliphatic carbocycles. The Bertz CT molecular complexity index is 748. The smallest absolute Gasteiger partial charge is 0.247 e. The van der Waals surface area contributed by atoms with Gasteiger partial charge in [-0.25, -0.2) is 0 Å². The second-order valence-electron chi connectivity index (χ2n) is 6.10. The summed E-state index contributed by atoms with van der Waals surface area (Å²) in [6.07, 6.45) is 0.194. The molecule has 2 rings (SSSR count). The van der Waals surface area contributed by atoms with E-state index in [4.69, 9.17) is 11.6 Å². The molecule has 25 heavy (non-hydrogen) atoms. The van der Waals surface area contributed by atoms with Gasteiger partial charge in [0.15, 0.2) is 0 Å². The maximum Gasteiger partial charge on any atom is 0.247 e. The highest BCUT2D eigenvalue weighted by molar-refractivity contribution is 6.31. The number of aromatic hydroxyl groups is 1. The van der Waals surface area contributed by atoms with E-state index in [1.165, 1.54) is 18.2 Å². The summed E-state index contributed by atoms with van der Waals surface area (Å²) < 4.78 is 0. The van der Waals surface area contributed by atoms with E-state index in [0.29, 0.717) is 5.02 Å². The molecule has 2 aromatic carbocycles. The van der Waals surface area contributed by atoms with Gasteiger partial charge in [0, 0.05) is 5.02 Å². The van der Waals surface area contributed by atoms with Crippen molar-refractivity contribution in [2.24, 2.45) is 5.92 Å². The third-order valence-electron chi connectivity index (χ3n) is 3.69. The van der Waals surface area contributed by atoms with Crippen LogP contribution in [0.3, 0.4) is 0 Å². The van der Waals surface area contributed by atoms with Crippen LogP contribution < -0.4 is 10.6 Å². The standard InChI is InChI=1S/C19H21ClN2O3/c1-12(2)18(22-17(24)10-13-6-4-3-5-7-13)19(25)21-15-11-14(20)8-9-16(15)23/h3-9,11-12,18,23H,10H2,1-2H3,(H,21,25)(H,22,24). The number of benzene rings is 2. The highest BCUT2D eigenvalue weighted by Crippen LogP contribution is 2.26. The lowest BCUT2D eigenvalue weighted by molar-refractivity contribution is -0.127. The maximum absolute atomic E-state index is 12.5. The fourth-order valence-electron chi connectivity index (χ4n) is 2.36. The average molecular weight is 361 g/mol. The van der Waals surface area contributed by atoms with E-state index in [9.17, 15) is 14.7 Å². The lowest BCUT2D eigenvalue weighted by Gasteiger charge is -2.22. The van der Waals surface area contributed by atoms with Gasteiger partial charge in [-0.1, -0.05) is 55.8 Å². The molecule has 3 N–H and O–H groups in total. The normalized spacial score (nSPS) is 11.8. The van der Waals surface area contributed by atoms with Crippen molar-refractivity contribution in [1.82, 2.24) is 5.32 Å². The Morgan fingerprint density at radius 2 is 1.80 bits per heavy atom. The number of carbonyl (C=O) groups excluding carboxylic acids is 2. The van der Waals surface area contributed by atoms with Crippen molar-refractivity contribution in [3.05, 3.63) is 59.1 Å². The van der Waals surface area contributed by atoms with Crippen LogP contribution in [0.4, 0.5) is 5.69 Å². The van der Waals surface area contributed by atoms with Crippen molar-refractivity contribution in [1.29, 1.82) is 0 Å². The van der Waals surface area contributed by atoms with Gasteiger partial charge in [0.25, 0.3) is 0 Å². The summed E-state index contributed by atoms with van der Waals surface area (Å²) in [6, 6.07) is 13.0. The Morgan fingerprint density at radius 3 is 2.44 bits per heavy atom. The van der Waals surface area contributed by atoms with E-state index >= 15 is 0 Å². The third-order valence-corrected chi connectivity index (χ3v) is 3.92. The number of carbonyl (C=O) groups is 2. The van der Waals surface area contributed by atoms with Gasteiger partial charge in [0.2, 0.25) is 11.8 Å². The molecule has 0 aromatic heterocycles. The molecule has 1 unspecified atom stereocenters. The van der Waals surface area contributed by atoms with Crippen LogP contribution in [0, 0.1) is 5.92 Å². The van der Waals surface area contributed by atoms with Crippen LogP contribution in [0.15, 0.2) is 48.5 Å². The lowest BCUT2D eigenvalue weighted by atomic mass is 10.0. The minimum Gasteiger partial charge on any atom is -0.506 e. The molecule has 0 aliphatic heterocycles. The first-order valence-electron chi connectivity index (χ1n) is 7.99. The molecule has 0 radical (unpaired) electrons. The van der Waals surface area contributed by atoms with E-state index in [1.54, 1.807) is 0 Å². The first-order valence-corrected chi connectivity index (χ1v) is 8.37. The number of nitrogens with one attached hydrogen (secondary N) is 2. The molecule has 0 saturated heterocycles. The van der Waals surface area contributed by atoms with Gasteiger partial charge in [-0.2, -0.15) is 0 Å². The quantitative estimate of drug-likeness (QED) is 0.691. The fraction of sp³-hybridized carbons (Fsp3) is 0.263. The van der Waals surface area contributed by atoms with E-state index in [2.05, 4.69) is 10.6 Å². The first-order chi connectivity index (χ1) is 11.9. The number of phenols is 1. The van der Waals surface area contributed by atoms with Crippen LogP contribution in [0.25, 0.3) is 0 Å². The van der Waals surface area contributed by atoms with Gasteiger partial charge in [-0.3, -0.25) is 9.59 Å². The summed E-state index contributed by atoms with van der Waals surface area (Å²) >= 11 is 5.88. The van der Waals surface area contributed by atoms with E-state index in [1.807, 2.05) is 44.2 Å². The van der Waals surface area contributed by atoms with Crippen LogP contribution in [0.2, 0.25) is 5.02 Å². The van der Waals surface area contributed by atoms with Gasteiger partial charge in [-0.15, -0.1) is 0 Å². The van der Waals surface area contributed by atoms with E-state index < -0.39 is 11.9 Å². The number of hydrogen-bond donors (Lipinski definition) is 3. The van der Waals surface area contributed by atoms with Gasteiger partial charge < -0.3 is 15.7 Å². The zero-order valence-electron chi connectivity index (χ0n) is 14.1. The van der Waals surface area contributed by atoms with Gasteiger partial charge in [0.05, 0.1) is 12.1 Å². The van der Waals surface area contributed by atoms with Gasteiger partial charge >= 0.3 is 0 Å². The Hall–Kier alpha value is -2.53. The molecule has 132 valence electrons. The molecular weight excluding hydrogens is 340 g/mol. The van der Waals surface area contributed by atoms with Gasteiger partial charge in [0.1, 0.15) is 11.8 Å². The third kappa shape index (κ3) is 5.50. The topological polar surface area (TPSA) is 78.4 Å². The second-order valence-corrected chi connectivity index (χ2v) is 6.54. The molecule has 6 heteroatoms. The van der Waals surface area contributed by atoms with Crippen LogP contribution in [-0.4, -0.2) is 23.0 Å². The number of amides is 2. The monoisotopic (exact) mass is 360 g/mol. The zero-order chi connectivity index (χ0) is 18.4. The van der Waals surface area contributed by atoms with Crippen molar-refractivity contribution in [2.75, 3.05) is 5.32 Å². The van der Waals surface area contributed by atoms with Crippen molar-refractivity contribution in [3.63, 3.8) is 0 Å². The molecule has 0 bridgehead atoms. The molecule has 2 aromatic rings. The van der Waals surface area contributed by atoms with Crippen molar-refractivity contribution in [3.8, 4) is 5.75 Å². The van der Waals surface area contributed by atoms with Crippen LogP contribution in [0.1, 0.15) is 19.4 Å². The SMILES string of the molecule is CC(C)C(NC(=O)Cc1ccccc1)C(=O)Nc1cc(Cl)ccc1O. The largest absolute Gasteiger partial charge is 0.506 e. The minimum atomic E-state index is -0.727. The second kappa shape index (κ2) is 8.53. The number of anilines is 1. The number of hydrogen-bond acceptors (Lipinski definition) is 3. The summed E-state index contributed by atoms with van der Waals surface area (Å²) in [5, 5.41) is 15.6. The predicted octanol–water partition coefficient (Wildman–Crippen LogP) is 3.37. The molecular formula is C19H21ClN2O3. The molecule has 0 heterocycles. The fourth-order valence-corrected chi connectivity index (χ4v) is 2.53. The summed E-state index contributed by atoms with van der Waals surface area (Å²) in [6.45, 7) is 3.68. The van der Waals surface area contributed by atoms with Crippen molar-refractivity contribution < 1.29 is 14.7 Å². The summed E-state index contributed by atoms with van der Waals surface area (Å²) in [4.78, 5) is 24.8. The predicted molar refractivity (Wildman–Crippen MR) is 98.7 cm³/mol. The zero-order valence-corrected chi connectivity index (χ0v) is 14.9.